The number of amides is 1. The van der Waals surface area contributed by atoms with Gasteiger partial charge in [0.1, 0.15) is 5.82 Å². The molecule has 0 unspecified atom stereocenters. The van der Waals surface area contributed by atoms with E-state index in [2.05, 4.69) is 41.9 Å². The summed E-state index contributed by atoms with van der Waals surface area (Å²) in [7, 11) is 1.52. The number of aryl methyl sites for hydroxylation is 1. The maximum absolute atomic E-state index is 13.1. The van der Waals surface area contributed by atoms with Crippen molar-refractivity contribution in [3.8, 4) is 11.5 Å². The summed E-state index contributed by atoms with van der Waals surface area (Å²) in [4.78, 5) is 31.8. The molecule has 2 aromatic carbocycles. The summed E-state index contributed by atoms with van der Waals surface area (Å²) in [6.07, 6.45) is 2.09. The van der Waals surface area contributed by atoms with E-state index in [1.807, 2.05) is 13.0 Å². The first-order valence-electron chi connectivity index (χ1n) is 11.0. The Morgan fingerprint density at radius 3 is 2.69 bits per heavy atom. The average Bonchev–Trinajstić information content (AvgIpc) is 2.88. The summed E-state index contributed by atoms with van der Waals surface area (Å²) >= 11 is 6.93. The number of ether oxygens (including phenoxy) is 3. The SMILES string of the molecule is CCc1nc2ccc(Br)cc2c(=O)n1N=Cc1cc(OC)c(OCC(=O)N2CCOCC2)cc1Br. The van der Waals surface area contributed by atoms with Gasteiger partial charge in [-0.2, -0.15) is 9.78 Å². The van der Waals surface area contributed by atoms with Crippen LogP contribution in [-0.4, -0.2) is 66.7 Å². The summed E-state index contributed by atoms with van der Waals surface area (Å²) in [5.41, 5.74) is 1.03. The monoisotopic (exact) mass is 606 g/mol. The number of carbonyl (C=O) groups excluding carboxylic acids is 1. The lowest BCUT2D eigenvalue weighted by molar-refractivity contribution is -0.137. The van der Waals surface area contributed by atoms with E-state index in [-0.39, 0.29) is 18.1 Å². The predicted octanol–water partition coefficient (Wildman–Crippen LogP) is 3.61. The molecule has 11 heteroatoms. The van der Waals surface area contributed by atoms with Crippen LogP contribution in [0.25, 0.3) is 10.9 Å². The van der Waals surface area contributed by atoms with Crippen LogP contribution in [0.5, 0.6) is 11.5 Å². The van der Waals surface area contributed by atoms with E-state index in [9.17, 15) is 9.59 Å². The zero-order valence-electron chi connectivity index (χ0n) is 19.3. The Kier molecular flexibility index (Phi) is 8.19. The van der Waals surface area contributed by atoms with Crippen LogP contribution in [0.4, 0.5) is 0 Å². The lowest BCUT2D eigenvalue weighted by Crippen LogP contribution is -2.43. The molecule has 184 valence electrons. The van der Waals surface area contributed by atoms with Gasteiger partial charge in [-0.05, 0) is 46.3 Å². The molecule has 4 rings (SSSR count). The molecule has 2 heterocycles. The number of carbonyl (C=O) groups is 1. The van der Waals surface area contributed by atoms with E-state index in [1.165, 1.54) is 11.8 Å². The Labute approximate surface area is 218 Å². The average molecular weight is 608 g/mol. The maximum Gasteiger partial charge on any atom is 0.282 e. The number of rotatable bonds is 7. The zero-order chi connectivity index (χ0) is 24.9. The second kappa shape index (κ2) is 11.3. The van der Waals surface area contributed by atoms with Crippen molar-refractivity contribution < 1.29 is 19.0 Å². The number of hydrogen-bond acceptors (Lipinski definition) is 7. The fraction of sp³-hybridized carbons (Fsp3) is 0.333. The van der Waals surface area contributed by atoms with Crippen LogP contribution in [-0.2, 0) is 16.0 Å². The van der Waals surface area contributed by atoms with Crippen LogP contribution in [0.3, 0.4) is 0 Å². The van der Waals surface area contributed by atoms with E-state index in [0.29, 0.717) is 71.0 Å². The third kappa shape index (κ3) is 5.74. The third-order valence-electron chi connectivity index (χ3n) is 5.50. The molecule has 0 atom stereocenters. The number of aromatic nitrogens is 2. The fourth-order valence-electron chi connectivity index (χ4n) is 3.63. The predicted molar refractivity (Wildman–Crippen MR) is 140 cm³/mol. The third-order valence-corrected chi connectivity index (χ3v) is 6.68. The first-order chi connectivity index (χ1) is 16.9. The van der Waals surface area contributed by atoms with Crippen LogP contribution in [0.2, 0.25) is 0 Å². The van der Waals surface area contributed by atoms with Crippen molar-refractivity contribution in [2.24, 2.45) is 5.10 Å². The van der Waals surface area contributed by atoms with E-state index >= 15 is 0 Å². The lowest BCUT2D eigenvalue weighted by Gasteiger charge is -2.26. The van der Waals surface area contributed by atoms with Gasteiger partial charge in [0, 0.05) is 34.0 Å². The molecule has 0 radical (unpaired) electrons. The van der Waals surface area contributed by atoms with Crippen molar-refractivity contribution in [2.75, 3.05) is 40.0 Å². The Hall–Kier alpha value is -2.76. The van der Waals surface area contributed by atoms with Crippen molar-refractivity contribution in [1.82, 2.24) is 14.6 Å². The maximum atomic E-state index is 13.1. The van der Waals surface area contributed by atoms with Gasteiger partial charge in [-0.25, -0.2) is 4.98 Å². The first-order valence-corrected chi connectivity index (χ1v) is 12.6. The van der Waals surface area contributed by atoms with E-state index < -0.39 is 0 Å². The summed E-state index contributed by atoms with van der Waals surface area (Å²) < 4.78 is 19.3. The molecule has 0 saturated carbocycles. The minimum absolute atomic E-state index is 0.107. The van der Waals surface area contributed by atoms with Gasteiger partial charge in [-0.3, -0.25) is 9.59 Å². The normalized spacial score (nSPS) is 14.0. The molecule has 1 amide bonds. The summed E-state index contributed by atoms with van der Waals surface area (Å²) in [6, 6.07) is 8.83. The van der Waals surface area contributed by atoms with Crippen LogP contribution < -0.4 is 15.0 Å². The molecule has 0 bridgehead atoms. The van der Waals surface area contributed by atoms with Gasteiger partial charge >= 0.3 is 0 Å². The van der Waals surface area contributed by atoms with Gasteiger partial charge < -0.3 is 19.1 Å². The molecule has 1 aliphatic heterocycles. The van der Waals surface area contributed by atoms with E-state index in [4.69, 9.17) is 14.2 Å². The highest BCUT2D eigenvalue weighted by Crippen LogP contribution is 2.33. The minimum atomic E-state index is -0.255. The Morgan fingerprint density at radius 2 is 1.97 bits per heavy atom. The van der Waals surface area contributed by atoms with Gasteiger partial charge in [0.15, 0.2) is 18.1 Å². The number of hydrogen-bond donors (Lipinski definition) is 0. The largest absolute Gasteiger partial charge is 0.493 e. The van der Waals surface area contributed by atoms with Crippen molar-refractivity contribution in [1.29, 1.82) is 0 Å². The van der Waals surface area contributed by atoms with E-state index in [1.54, 1.807) is 35.4 Å². The molecular weight excluding hydrogens is 584 g/mol. The number of morpholine rings is 1. The summed E-state index contributed by atoms with van der Waals surface area (Å²) in [5.74, 6) is 1.29. The van der Waals surface area contributed by atoms with Crippen molar-refractivity contribution in [3.05, 3.63) is 61.0 Å². The lowest BCUT2D eigenvalue weighted by atomic mass is 10.2. The van der Waals surface area contributed by atoms with Crippen LogP contribution >= 0.6 is 31.9 Å². The molecule has 0 spiro atoms. The van der Waals surface area contributed by atoms with Gasteiger partial charge in [-0.15, -0.1) is 0 Å². The first kappa shape index (κ1) is 25.3. The van der Waals surface area contributed by atoms with Gasteiger partial charge in [0.2, 0.25) is 0 Å². The van der Waals surface area contributed by atoms with Gasteiger partial charge in [-0.1, -0.05) is 22.9 Å². The van der Waals surface area contributed by atoms with Crippen LogP contribution in [0, 0.1) is 0 Å². The van der Waals surface area contributed by atoms with Gasteiger partial charge in [0.05, 0.1) is 37.4 Å². The van der Waals surface area contributed by atoms with Crippen LogP contribution in [0.1, 0.15) is 18.3 Å². The van der Waals surface area contributed by atoms with Crippen LogP contribution in [0.15, 0.2) is 49.2 Å². The molecule has 1 aromatic heterocycles. The zero-order valence-corrected chi connectivity index (χ0v) is 22.5. The number of halogens is 2. The summed E-state index contributed by atoms with van der Waals surface area (Å²) in [5, 5.41) is 4.90. The smallest absolute Gasteiger partial charge is 0.282 e. The molecule has 0 aliphatic carbocycles. The molecule has 1 fully saturated rings. The molecule has 1 aliphatic rings. The molecular formula is C24H24Br2N4O5. The highest BCUT2D eigenvalue weighted by Gasteiger charge is 2.19. The molecule has 3 aromatic rings. The van der Waals surface area contributed by atoms with Crippen molar-refractivity contribution in [2.45, 2.75) is 13.3 Å². The standard InChI is InChI=1S/C24H24Br2N4O5/c1-3-22-28-19-5-4-16(25)11-17(19)24(32)30(22)27-13-15-10-20(33-2)21(12-18(15)26)35-14-23(31)29-6-8-34-9-7-29/h4-5,10-13H,3,6-9,14H2,1-2H3. The minimum Gasteiger partial charge on any atom is -0.493 e. The number of methoxy groups -OCH3 is 1. The molecule has 0 N–H and O–H groups in total. The number of benzene rings is 2. The number of fused-ring (bicyclic) bond motifs is 1. The molecule has 35 heavy (non-hydrogen) atoms. The van der Waals surface area contributed by atoms with Gasteiger partial charge in [0.25, 0.3) is 11.5 Å². The van der Waals surface area contributed by atoms with Crippen molar-refractivity contribution in [3.63, 3.8) is 0 Å². The quantitative estimate of drug-likeness (QED) is 0.381. The highest BCUT2D eigenvalue weighted by molar-refractivity contribution is 9.10. The number of nitrogens with zero attached hydrogens (tertiary/aromatic N) is 4. The Bertz CT molecular complexity index is 1340. The second-order valence-corrected chi connectivity index (χ2v) is 9.48. The molecule has 1 saturated heterocycles. The topological polar surface area (TPSA) is 95.2 Å². The Balaban J connectivity index is 1.59. The molecule has 9 nitrogen and oxygen atoms in total. The fourth-order valence-corrected chi connectivity index (χ4v) is 4.41. The Morgan fingerprint density at radius 1 is 1.20 bits per heavy atom. The second-order valence-electron chi connectivity index (χ2n) is 7.71. The highest BCUT2D eigenvalue weighted by atomic mass is 79.9. The van der Waals surface area contributed by atoms with Crippen molar-refractivity contribution >= 4 is 54.9 Å². The van der Waals surface area contributed by atoms with E-state index in [0.717, 1.165) is 4.47 Å². The summed E-state index contributed by atoms with van der Waals surface area (Å²) in [6.45, 7) is 3.98.